The molecule has 0 N–H and O–H groups in total. The van der Waals surface area contributed by atoms with Gasteiger partial charge in [-0.2, -0.15) is 0 Å². The van der Waals surface area contributed by atoms with Crippen LogP contribution in [0, 0.1) is 0 Å². The van der Waals surface area contributed by atoms with E-state index in [1.54, 1.807) is 0 Å². The van der Waals surface area contributed by atoms with Crippen LogP contribution in [0.25, 0.3) is 74.7 Å². The number of anilines is 3. The van der Waals surface area contributed by atoms with Gasteiger partial charge in [0.25, 0.3) is 0 Å². The lowest BCUT2D eigenvalue weighted by molar-refractivity contribution is 0.660. The molecule has 1 aliphatic rings. The number of benzene rings is 9. The normalized spacial score (nSPS) is 13.2. The molecule has 10 aromatic rings. The van der Waals surface area contributed by atoms with Crippen LogP contribution < -0.4 is 4.90 Å². The van der Waals surface area contributed by atoms with Crippen LogP contribution in [0.15, 0.2) is 176 Å². The van der Waals surface area contributed by atoms with Crippen LogP contribution in [-0.4, -0.2) is 0 Å². The lowest BCUT2D eigenvalue weighted by Crippen LogP contribution is -2.16. The van der Waals surface area contributed by atoms with E-state index >= 15 is 0 Å². The van der Waals surface area contributed by atoms with Crippen LogP contribution in [0.1, 0.15) is 25.0 Å². The first-order valence-corrected chi connectivity index (χ1v) is 19.2. The van der Waals surface area contributed by atoms with Crippen molar-refractivity contribution in [1.29, 1.82) is 0 Å². The van der Waals surface area contributed by atoms with Gasteiger partial charge in [0, 0.05) is 42.6 Å². The van der Waals surface area contributed by atoms with Gasteiger partial charge in [-0.15, -0.1) is 11.3 Å². The number of rotatable bonds is 4. The van der Waals surface area contributed by atoms with Crippen LogP contribution in [0.4, 0.5) is 17.1 Å². The summed E-state index contributed by atoms with van der Waals surface area (Å²) in [6.07, 6.45) is 0. The molecule has 0 bridgehead atoms. The Hall–Kier alpha value is -6.22. The maximum absolute atomic E-state index is 2.44. The van der Waals surface area contributed by atoms with Crippen LogP contribution in [0.5, 0.6) is 0 Å². The maximum atomic E-state index is 2.44. The van der Waals surface area contributed by atoms with Crippen molar-refractivity contribution in [3.63, 3.8) is 0 Å². The molecule has 1 aliphatic carbocycles. The Bertz CT molecular complexity index is 3090. The summed E-state index contributed by atoms with van der Waals surface area (Å²) in [5.41, 5.74) is 11.3. The number of thiophene rings is 1. The van der Waals surface area contributed by atoms with Crippen molar-refractivity contribution in [2.75, 3.05) is 4.90 Å². The molecule has 11 rings (SSSR count). The molecule has 1 heterocycles. The predicted molar refractivity (Wildman–Crippen MR) is 230 cm³/mol. The van der Waals surface area contributed by atoms with Crippen molar-refractivity contribution in [1.82, 2.24) is 0 Å². The number of nitrogens with zero attached hydrogens (tertiary/aromatic N) is 1. The second kappa shape index (κ2) is 11.4. The van der Waals surface area contributed by atoms with Gasteiger partial charge in [0.2, 0.25) is 0 Å². The standard InChI is InChI=1S/C51H35NS/c1-51(2)46-13-7-5-11-42(46)43-27-24-39(31-47(43)51)52(38-25-28-49-45(30-38)44-12-6-8-14-48(44)53-49)37-22-19-32(20-23-37)35-21-26-41-36(29-35)18-17-34-16-15-33-9-3-4-10-40(33)50(34)41/h3-31H,1-2H3. The molecule has 0 spiro atoms. The summed E-state index contributed by atoms with van der Waals surface area (Å²) < 4.78 is 2.64. The van der Waals surface area contributed by atoms with Crippen molar-refractivity contribution in [3.8, 4) is 22.3 Å². The monoisotopic (exact) mass is 693 g/mol. The fourth-order valence-electron chi connectivity index (χ4n) is 8.95. The molecule has 0 saturated heterocycles. The molecule has 9 aromatic carbocycles. The molecule has 0 aliphatic heterocycles. The second-order valence-corrected chi connectivity index (χ2v) is 16.0. The zero-order chi connectivity index (χ0) is 35.3. The van der Waals surface area contributed by atoms with Crippen molar-refractivity contribution >= 4 is 80.9 Å². The Balaban J connectivity index is 1.04. The van der Waals surface area contributed by atoms with Gasteiger partial charge in [0.1, 0.15) is 0 Å². The predicted octanol–water partition coefficient (Wildman–Crippen LogP) is 15.0. The molecule has 250 valence electrons. The summed E-state index contributed by atoms with van der Waals surface area (Å²) in [6.45, 7) is 4.72. The summed E-state index contributed by atoms with van der Waals surface area (Å²) in [5, 5.41) is 10.4. The summed E-state index contributed by atoms with van der Waals surface area (Å²) >= 11 is 1.87. The van der Waals surface area contributed by atoms with E-state index in [1.807, 2.05) is 11.3 Å². The lowest BCUT2D eigenvalue weighted by Gasteiger charge is -2.28. The average molecular weight is 694 g/mol. The van der Waals surface area contributed by atoms with Gasteiger partial charge in [0.05, 0.1) is 0 Å². The Morgan fingerprint density at radius 1 is 0.396 bits per heavy atom. The van der Waals surface area contributed by atoms with E-state index in [-0.39, 0.29) is 5.41 Å². The molecule has 1 nitrogen and oxygen atoms in total. The highest BCUT2D eigenvalue weighted by atomic mass is 32.1. The van der Waals surface area contributed by atoms with Crippen molar-refractivity contribution in [2.24, 2.45) is 0 Å². The van der Waals surface area contributed by atoms with E-state index < -0.39 is 0 Å². The van der Waals surface area contributed by atoms with Crippen LogP contribution in [0.2, 0.25) is 0 Å². The molecule has 2 heteroatoms. The molecule has 0 atom stereocenters. The van der Waals surface area contributed by atoms with Gasteiger partial charge >= 0.3 is 0 Å². The highest BCUT2D eigenvalue weighted by Gasteiger charge is 2.35. The zero-order valence-corrected chi connectivity index (χ0v) is 30.4. The van der Waals surface area contributed by atoms with Gasteiger partial charge in [-0.05, 0) is 120 Å². The molecule has 1 aromatic heterocycles. The Kier molecular flexibility index (Phi) is 6.53. The number of fused-ring (bicyclic) bond motifs is 11. The minimum Gasteiger partial charge on any atom is -0.310 e. The van der Waals surface area contributed by atoms with Crippen LogP contribution in [-0.2, 0) is 5.41 Å². The first kappa shape index (κ1) is 30.4. The largest absolute Gasteiger partial charge is 0.310 e. The Morgan fingerprint density at radius 3 is 1.91 bits per heavy atom. The van der Waals surface area contributed by atoms with Gasteiger partial charge < -0.3 is 4.90 Å². The van der Waals surface area contributed by atoms with E-state index in [2.05, 4.69) is 195 Å². The molecular weight excluding hydrogens is 659 g/mol. The van der Waals surface area contributed by atoms with Gasteiger partial charge in [0.15, 0.2) is 0 Å². The number of hydrogen-bond donors (Lipinski definition) is 0. The third kappa shape index (κ3) is 4.62. The third-order valence-electron chi connectivity index (χ3n) is 11.6. The topological polar surface area (TPSA) is 3.24 Å². The van der Waals surface area contributed by atoms with Crippen LogP contribution >= 0.6 is 11.3 Å². The summed E-state index contributed by atoms with van der Waals surface area (Å²) in [7, 11) is 0. The lowest BCUT2D eigenvalue weighted by atomic mass is 9.82. The Labute approximate surface area is 313 Å². The molecule has 0 fully saturated rings. The van der Waals surface area contributed by atoms with Gasteiger partial charge in [-0.25, -0.2) is 0 Å². The van der Waals surface area contributed by atoms with Crippen LogP contribution in [0.3, 0.4) is 0 Å². The van der Waals surface area contributed by atoms with Gasteiger partial charge in [-0.3, -0.25) is 0 Å². The minimum atomic E-state index is -0.0846. The summed E-state index contributed by atoms with van der Waals surface area (Å²) in [5.74, 6) is 0. The number of hydrogen-bond acceptors (Lipinski definition) is 2. The minimum absolute atomic E-state index is 0.0846. The second-order valence-electron chi connectivity index (χ2n) is 14.9. The van der Waals surface area contributed by atoms with E-state index in [0.717, 1.165) is 11.4 Å². The third-order valence-corrected chi connectivity index (χ3v) is 12.8. The first-order chi connectivity index (χ1) is 26.0. The highest BCUT2D eigenvalue weighted by molar-refractivity contribution is 7.25. The molecule has 0 unspecified atom stereocenters. The fourth-order valence-corrected chi connectivity index (χ4v) is 10.0. The molecule has 53 heavy (non-hydrogen) atoms. The van der Waals surface area contributed by atoms with Crippen molar-refractivity contribution < 1.29 is 0 Å². The quantitative estimate of drug-likeness (QED) is 0.166. The van der Waals surface area contributed by atoms with Crippen molar-refractivity contribution in [3.05, 3.63) is 187 Å². The summed E-state index contributed by atoms with van der Waals surface area (Å²) in [6, 6.07) is 65.5. The van der Waals surface area contributed by atoms with E-state index in [4.69, 9.17) is 0 Å². The van der Waals surface area contributed by atoms with Crippen molar-refractivity contribution in [2.45, 2.75) is 19.3 Å². The molecule has 0 saturated carbocycles. The van der Waals surface area contributed by atoms with E-state index in [0.29, 0.717) is 0 Å². The van der Waals surface area contributed by atoms with E-state index in [9.17, 15) is 0 Å². The molecular formula is C51H35NS. The van der Waals surface area contributed by atoms with E-state index in [1.165, 1.54) is 91.6 Å². The van der Waals surface area contributed by atoms with Gasteiger partial charge in [-0.1, -0.05) is 135 Å². The molecule has 0 amide bonds. The highest BCUT2D eigenvalue weighted by Crippen LogP contribution is 2.51. The average Bonchev–Trinajstić information content (AvgIpc) is 3.69. The SMILES string of the molecule is CC1(C)c2ccccc2-c2ccc(N(c3ccc(-c4ccc5c(ccc6ccc7ccccc7c65)c4)cc3)c3ccc4sc5ccccc5c4c3)cc21. The fraction of sp³-hybridized carbons (Fsp3) is 0.0588. The maximum Gasteiger partial charge on any atom is 0.0468 e. The Morgan fingerprint density at radius 2 is 1.02 bits per heavy atom. The molecule has 0 radical (unpaired) electrons. The summed E-state index contributed by atoms with van der Waals surface area (Å²) in [4.78, 5) is 2.44. The zero-order valence-electron chi connectivity index (χ0n) is 29.6. The smallest absolute Gasteiger partial charge is 0.0468 e. The first-order valence-electron chi connectivity index (χ1n) is 18.4.